The number of nitrogens with zero attached hydrogens (tertiary/aromatic N) is 6. The summed E-state index contributed by atoms with van der Waals surface area (Å²) >= 11 is 0. The van der Waals surface area contributed by atoms with E-state index in [2.05, 4.69) is 37.0 Å². The van der Waals surface area contributed by atoms with E-state index in [1.807, 2.05) is 48.5 Å². The minimum atomic E-state index is 0.543. The van der Waals surface area contributed by atoms with Gasteiger partial charge in [-0.3, -0.25) is 9.80 Å². The van der Waals surface area contributed by atoms with Gasteiger partial charge in [0.15, 0.2) is 0 Å². The van der Waals surface area contributed by atoms with Crippen molar-refractivity contribution in [2.45, 2.75) is 20.0 Å². The van der Waals surface area contributed by atoms with E-state index in [-0.39, 0.29) is 0 Å². The van der Waals surface area contributed by atoms with Crippen molar-refractivity contribution in [3.63, 3.8) is 0 Å². The number of para-hydroxylation sites is 1. The first-order valence-corrected chi connectivity index (χ1v) is 11.0. The van der Waals surface area contributed by atoms with Crippen molar-refractivity contribution in [3.05, 3.63) is 65.9 Å². The zero-order valence-corrected chi connectivity index (χ0v) is 18.8. The van der Waals surface area contributed by atoms with Gasteiger partial charge in [-0.2, -0.15) is 9.97 Å². The molecule has 4 aromatic rings. The summed E-state index contributed by atoms with van der Waals surface area (Å²) in [6, 6.07) is 15.8. The van der Waals surface area contributed by atoms with Crippen LogP contribution in [-0.4, -0.2) is 63.4 Å². The second kappa shape index (κ2) is 9.51. The standard InChI is InChI=1S/C24H26N6O3/c1-17-7-9-18(10-8-17)23-25-21(32-27-23)15-29-11-13-30(14-12-29)16-22-26-24(28-33-22)19-5-3-4-6-20(19)31-2/h3-10H,11-16H2,1-2H3. The van der Waals surface area contributed by atoms with E-state index in [9.17, 15) is 0 Å². The molecule has 170 valence electrons. The van der Waals surface area contributed by atoms with Crippen LogP contribution in [0, 0.1) is 6.92 Å². The largest absolute Gasteiger partial charge is 0.496 e. The van der Waals surface area contributed by atoms with Gasteiger partial charge in [0.25, 0.3) is 0 Å². The lowest BCUT2D eigenvalue weighted by atomic mass is 10.1. The molecule has 0 unspecified atom stereocenters. The second-order valence-electron chi connectivity index (χ2n) is 8.14. The number of piperazine rings is 1. The molecule has 0 atom stereocenters. The quantitative estimate of drug-likeness (QED) is 0.423. The van der Waals surface area contributed by atoms with E-state index < -0.39 is 0 Å². The average molecular weight is 447 g/mol. The summed E-state index contributed by atoms with van der Waals surface area (Å²) in [6.45, 7) is 6.91. The SMILES string of the molecule is COc1ccccc1-c1noc(CN2CCN(Cc3nc(-c4ccc(C)cc4)no3)CC2)n1. The molecule has 2 aromatic heterocycles. The molecule has 9 nitrogen and oxygen atoms in total. The van der Waals surface area contributed by atoms with Crippen LogP contribution in [0.5, 0.6) is 5.75 Å². The molecule has 0 amide bonds. The van der Waals surface area contributed by atoms with E-state index in [0.29, 0.717) is 36.5 Å². The van der Waals surface area contributed by atoms with Gasteiger partial charge in [0.1, 0.15) is 5.75 Å². The zero-order valence-electron chi connectivity index (χ0n) is 18.8. The Bertz CT molecular complexity index is 1190. The predicted molar refractivity (Wildman–Crippen MR) is 121 cm³/mol. The third-order valence-electron chi connectivity index (χ3n) is 5.78. The highest BCUT2D eigenvalue weighted by atomic mass is 16.5. The van der Waals surface area contributed by atoms with Crippen LogP contribution < -0.4 is 4.74 Å². The summed E-state index contributed by atoms with van der Waals surface area (Å²) in [5, 5.41) is 8.26. The smallest absolute Gasteiger partial charge is 0.241 e. The Morgan fingerprint density at radius 3 is 2.00 bits per heavy atom. The summed E-state index contributed by atoms with van der Waals surface area (Å²) in [6.07, 6.45) is 0. The van der Waals surface area contributed by atoms with E-state index in [1.165, 1.54) is 5.56 Å². The van der Waals surface area contributed by atoms with Crippen LogP contribution in [0.25, 0.3) is 22.8 Å². The first-order chi connectivity index (χ1) is 16.2. The number of hydrogen-bond donors (Lipinski definition) is 0. The van der Waals surface area contributed by atoms with E-state index >= 15 is 0 Å². The first-order valence-electron chi connectivity index (χ1n) is 11.0. The summed E-state index contributed by atoms with van der Waals surface area (Å²) < 4.78 is 16.4. The predicted octanol–water partition coefficient (Wildman–Crippen LogP) is 3.42. The molecule has 1 fully saturated rings. The molecule has 1 saturated heterocycles. The van der Waals surface area contributed by atoms with Gasteiger partial charge in [-0.15, -0.1) is 0 Å². The van der Waals surface area contributed by atoms with Crippen molar-refractivity contribution in [1.29, 1.82) is 0 Å². The number of ether oxygens (including phenoxy) is 1. The maximum Gasteiger partial charge on any atom is 0.241 e. The number of benzene rings is 2. The molecule has 1 aliphatic heterocycles. The summed E-state index contributed by atoms with van der Waals surface area (Å²) in [4.78, 5) is 13.7. The summed E-state index contributed by atoms with van der Waals surface area (Å²) in [5.74, 6) is 3.14. The number of methoxy groups -OCH3 is 1. The topological polar surface area (TPSA) is 93.6 Å². The molecule has 0 aliphatic carbocycles. The minimum absolute atomic E-state index is 0.543. The third kappa shape index (κ3) is 4.94. The Labute approximate surface area is 192 Å². The maximum absolute atomic E-state index is 5.49. The van der Waals surface area contributed by atoms with Crippen LogP contribution >= 0.6 is 0 Å². The molecule has 0 saturated carbocycles. The monoisotopic (exact) mass is 446 g/mol. The molecule has 0 spiro atoms. The van der Waals surface area contributed by atoms with Crippen molar-refractivity contribution >= 4 is 0 Å². The Morgan fingerprint density at radius 1 is 0.788 bits per heavy atom. The van der Waals surface area contributed by atoms with Crippen molar-refractivity contribution in [2.24, 2.45) is 0 Å². The molecule has 3 heterocycles. The summed E-state index contributed by atoms with van der Waals surface area (Å²) in [7, 11) is 1.64. The summed E-state index contributed by atoms with van der Waals surface area (Å²) in [5.41, 5.74) is 2.99. The average Bonchev–Trinajstić information content (AvgIpc) is 3.51. The molecule has 5 rings (SSSR count). The van der Waals surface area contributed by atoms with Gasteiger partial charge in [0.05, 0.1) is 25.8 Å². The molecule has 9 heteroatoms. The highest BCUT2D eigenvalue weighted by molar-refractivity contribution is 5.63. The van der Waals surface area contributed by atoms with E-state index in [4.69, 9.17) is 13.8 Å². The fourth-order valence-corrected chi connectivity index (χ4v) is 3.88. The Hall–Kier alpha value is -3.56. The lowest BCUT2D eigenvalue weighted by molar-refractivity contribution is 0.103. The molecular weight excluding hydrogens is 420 g/mol. The van der Waals surface area contributed by atoms with E-state index in [1.54, 1.807) is 7.11 Å². The normalized spacial score (nSPS) is 15.1. The lowest BCUT2D eigenvalue weighted by Crippen LogP contribution is -2.45. The van der Waals surface area contributed by atoms with Crippen molar-refractivity contribution in [3.8, 4) is 28.5 Å². The van der Waals surface area contributed by atoms with Gasteiger partial charge < -0.3 is 13.8 Å². The Balaban J connectivity index is 1.14. The van der Waals surface area contributed by atoms with Gasteiger partial charge in [0.2, 0.25) is 23.4 Å². The van der Waals surface area contributed by atoms with Crippen LogP contribution in [-0.2, 0) is 13.1 Å². The molecule has 2 aromatic carbocycles. The second-order valence-corrected chi connectivity index (χ2v) is 8.14. The Morgan fingerprint density at radius 2 is 1.36 bits per heavy atom. The molecule has 0 N–H and O–H groups in total. The molecular formula is C24H26N6O3. The molecule has 0 radical (unpaired) electrons. The van der Waals surface area contributed by atoms with Crippen molar-refractivity contribution in [2.75, 3.05) is 33.3 Å². The Kier molecular flexibility index (Phi) is 6.14. The van der Waals surface area contributed by atoms with Crippen LogP contribution in [0.3, 0.4) is 0 Å². The minimum Gasteiger partial charge on any atom is -0.496 e. The molecule has 33 heavy (non-hydrogen) atoms. The highest BCUT2D eigenvalue weighted by Gasteiger charge is 2.22. The first kappa shape index (κ1) is 21.3. The fraction of sp³-hybridized carbons (Fsp3) is 0.333. The van der Waals surface area contributed by atoms with Gasteiger partial charge in [-0.1, -0.05) is 52.3 Å². The van der Waals surface area contributed by atoms with Crippen LogP contribution in [0.15, 0.2) is 57.6 Å². The number of aryl methyl sites for hydroxylation is 1. The number of hydrogen-bond acceptors (Lipinski definition) is 9. The van der Waals surface area contributed by atoms with Gasteiger partial charge in [-0.05, 0) is 19.1 Å². The lowest BCUT2D eigenvalue weighted by Gasteiger charge is -2.32. The van der Waals surface area contributed by atoms with Crippen LogP contribution in [0.4, 0.5) is 0 Å². The van der Waals surface area contributed by atoms with Crippen LogP contribution in [0.1, 0.15) is 17.3 Å². The zero-order chi connectivity index (χ0) is 22.6. The van der Waals surface area contributed by atoms with Crippen LogP contribution in [0.2, 0.25) is 0 Å². The fourth-order valence-electron chi connectivity index (χ4n) is 3.88. The third-order valence-corrected chi connectivity index (χ3v) is 5.78. The van der Waals surface area contributed by atoms with Gasteiger partial charge in [0, 0.05) is 31.7 Å². The van der Waals surface area contributed by atoms with Gasteiger partial charge in [-0.25, -0.2) is 0 Å². The van der Waals surface area contributed by atoms with E-state index in [0.717, 1.165) is 43.1 Å². The van der Waals surface area contributed by atoms with Gasteiger partial charge >= 0.3 is 0 Å². The number of rotatable bonds is 7. The molecule has 0 bridgehead atoms. The number of aromatic nitrogens is 4. The van der Waals surface area contributed by atoms with Crippen molar-refractivity contribution in [1.82, 2.24) is 30.1 Å². The maximum atomic E-state index is 5.49. The molecule has 1 aliphatic rings. The van der Waals surface area contributed by atoms with Crippen molar-refractivity contribution < 1.29 is 13.8 Å². The highest BCUT2D eigenvalue weighted by Crippen LogP contribution is 2.27.